The second kappa shape index (κ2) is 4.13. The first-order chi connectivity index (χ1) is 5.64. The summed E-state index contributed by atoms with van der Waals surface area (Å²) >= 11 is 0. The van der Waals surface area contributed by atoms with E-state index >= 15 is 0 Å². The van der Waals surface area contributed by atoms with Gasteiger partial charge in [0, 0.05) is 8.22 Å². The van der Waals surface area contributed by atoms with Crippen molar-refractivity contribution in [3.05, 3.63) is 0 Å². The molecule has 0 aromatic carbocycles. The first kappa shape index (κ1) is 1.73. The predicted molar refractivity (Wildman–Crippen MR) is 33.5 cm³/mol. The molecule has 0 aliphatic carbocycles. The molecule has 0 heterocycles. The van der Waals surface area contributed by atoms with Crippen LogP contribution in [-0.2, 0) is 0 Å². The molecule has 0 aromatic heterocycles. The van der Waals surface area contributed by atoms with Gasteiger partial charge in [-0.3, -0.25) is 0 Å². The summed E-state index contributed by atoms with van der Waals surface area (Å²) in [5, 5.41) is 0. The molecule has 44 valence electrons. The van der Waals surface area contributed by atoms with Gasteiger partial charge >= 0.3 is 0 Å². The van der Waals surface area contributed by atoms with Gasteiger partial charge in [-0.25, -0.2) is 0 Å². The molecule has 1 nitrogen and oxygen atoms in total. The number of hydrogen-bond acceptors (Lipinski definition) is 1. The van der Waals surface area contributed by atoms with Crippen molar-refractivity contribution in [1.29, 1.82) is 0 Å². The van der Waals surface area contributed by atoms with Crippen molar-refractivity contribution < 1.29 is 8.22 Å². The van der Waals surface area contributed by atoms with Gasteiger partial charge in [0.15, 0.2) is 0 Å². The number of rotatable bonds is 3. The minimum Gasteiger partial charge on any atom is -0.304 e. The smallest absolute Gasteiger partial charge is 0.0428 e. The number of hydrogen-bond donors (Lipinski definition) is 0. The van der Waals surface area contributed by atoms with E-state index in [1.165, 1.54) is 6.92 Å². The van der Waals surface area contributed by atoms with Crippen molar-refractivity contribution in [2.45, 2.75) is 20.7 Å². The Morgan fingerprint density at radius 3 is 2.57 bits per heavy atom. The van der Waals surface area contributed by atoms with Gasteiger partial charge in [0.2, 0.25) is 0 Å². The normalized spacial score (nSPS) is 31.3. The lowest BCUT2D eigenvalue weighted by molar-refractivity contribution is 0.321. The van der Waals surface area contributed by atoms with E-state index in [0.717, 1.165) is 4.90 Å². The second-order valence-electron chi connectivity index (χ2n) is 1.16. The standard InChI is InChI=1S/C6H15N/c1-4-7(5-2)6-3/h4-6H2,1-3H3/i1D3,4D2,5D. The highest BCUT2D eigenvalue weighted by atomic mass is 15.1. The average molecular weight is 107 g/mol. The maximum atomic E-state index is 7.38. The van der Waals surface area contributed by atoms with Crippen molar-refractivity contribution in [3.8, 4) is 0 Å². The van der Waals surface area contributed by atoms with Crippen LogP contribution in [0.2, 0.25) is 0 Å². The van der Waals surface area contributed by atoms with E-state index in [4.69, 9.17) is 8.22 Å². The van der Waals surface area contributed by atoms with Gasteiger partial charge in [0.05, 0.1) is 0 Å². The highest BCUT2D eigenvalue weighted by molar-refractivity contribution is 4.43. The Bertz CT molecular complexity index is 163. The Morgan fingerprint density at radius 1 is 1.71 bits per heavy atom. The van der Waals surface area contributed by atoms with Crippen LogP contribution in [0.3, 0.4) is 0 Å². The van der Waals surface area contributed by atoms with E-state index < -0.39 is 19.9 Å². The van der Waals surface area contributed by atoms with E-state index in [-0.39, 0.29) is 6.54 Å². The van der Waals surface area contributed by atoms with Gasteiger partial charge in [-0.05, 0) is 19.6 Å². The van der Waals surface area contributed by atoms with Crippen LogP contribution < -0.4 is 0 Å². The summed E-state index contributed by atoms with van der Waals surface area (Å²) in [5.41, 5.74) is 0. The summed E-state index contributed by atoms with van der Waals surface area (Å²) < 4.78 is 43.0. The van der Waals surface area contributed by atoms with Crippen LogP contribution in [0.4, 0.5) is 0 Å². The predicted octanol–water partition coefficient (Wildman–Crippen LogP) is 1.35. The lowest BCUT2D eigenvalue weighted by Crippen LogP contribution is -2.21. The Balaban J connectivity index is 4.78. The molecular formula is C6H15N. The monoisotopic (exact) mass is 107 g/mol. The zero-order chi connectivity index (χ0) is 10.9. The third kappa shape index (κ3) is 2.63. The molecule has 1 heteroatoms. The highest BCUT2D eigenvalue weighted by Gasteiger charge is 1.89. The van der Waals surface area contributed by atoms with Crippen molar-refractivity contribution >= 4 is 0 Å². The summed E-state index contributed by atoms with van der Waals surface area (Å²) in [5.74, 6) is 0. The second-order valence-corrected chi connectivity index (χ2v) is 1.16. The van der Waals surface area contributed by atoms with Crippen LogP contribution in [-0.4, -0.2) is 24.5 Å². The van der Waals surface area contributed by atoms with E-state index in [2.05, 4.69) is 0 Å². The first-order valence-corrected chi connectivity index (χ1v) is 2.33. The Morgan fingerprint density at radius 2 is 2.43 bits per heavy atom. The van der Waals surface area contributed by atoms with Crippen LogP contribution in [0.25, 0.3) is 0 Å². The lowest BCUT2D eigenvalue weighted by atomic mass is 10.5. The molecule has 0 fully saturated rings. The van der Waals surface area contributed by atoms with Crippen molar-refractivity contribution in [2.24, 2.45) is 0 Å². The van der Waals surface area contributed by atoms with Crippen LogP contribution in [0, 0.1) is 0 Å². The molecule has 0 rings (SSSR count). The van der Waals surface area contributed by atoms with Crippen LogP contribution in [0.15, 0.2) is 0 Å². The zero-order valence-electron chi connectivity index (χ0n) is 10.7. The fourth-order valence-corrected chi connectivity index (χ4v) is 0.326. The van der Waals surface area contributed by atoms with Gasteiger partial charge < -0.3 is 4.90 Å². The number of nitrogens with zero attached hydrogens (tertiary/aromatic N) is 1. The van der Waals surface area contributed by atoms with Crippen molar-refractivity contribution in [1.82, 2.24) is 4.90 Å². The molecule has 0 radical (unpaired) electrons. The Kier molecular flexibility index (Phi) is 1.02. The van der Waals surface area contributed by atoms with Crippen molar-refractivity contribution in [2.75, 3.05) is 19.6 Å². The summed E-state index contributed by atoms with van der Waals surface area (Å²) in [4.78, 5) is 1.00. The molecule has 7 heavy (non-hydrogen) atoms. The molecule has 0 aromatic rings. The van der Waals surface area contributed by atoms with Crippen LogP contribution in [0.5, 0.6) is 0 Å². The van der Waals surface area contributed by atoms with Gasteiger partial charge in [-0.2, -0.15) is 0 Å². The largest absolute Gasteiger partial charge is 0.304 e. The molecule has 0 saturated heterocycles. The van der Waals surface area contributed by atoms with Crippen molar-refractivity contribution in [3.63, 3.8) is 0 Å². The molecule has 0 N–H and O–H groups in total. The first-order valence-electron chi connectivity index (χ1n) is 5.41. The Labute approximate surface area is 54.8 Å². The molecule has 0 spiro atoms. The lowest BCUT2D eigenvalue weighted by Gasteiger charge is -2.13. The average Bonchev–Trinajstić information content (AvgIpc) is 1.83. The Hall–Kier alpha value is -0.0400. The van der Waals surface area contributed by atoms with E-state index in [9.17, 15) is 0 Å². The molecule has 0 bridgehead atoms. The fraction of sp³-hybridized carbons (Fsp3) is 1.00. The quantitative estimate of drug-likeness (QED) is 0.526. The summed E-state index contributed by atoms with van der Waals surface area (Å²) in [7, 11) is 0. The van der Waals surface area contributed by atoms with Crippen LogP contribution >= 0.6 is 0 Å². The third-order valence-corrected chi connectivity index (χ3v) is 0.796. The molecule has 0 saturated carbocycles. The van der Waals surface area contributed by atoms with Gasteiger partial charge in [0.1, 0.15) is 0 Å². The van der Waals surface area contributed by atoms with Crippen LogP contribution in [0.1, 0.15) is 28.9 Å². The molecule has 0 aliphatic rings. The molecule has 1 atom stereocenters. The zero-order valence-corrected chi connectivity index (χ0v) is 4.73. The highest BCUT2D eigenvalue weighted by Crippen LogP contribution is 1.81. The van der Waals surface area contributed by atoms with Gasteiger partial charge in [0.25, 0.3) is 0 Å². The molecular weight excluding hydrogens is 86.1 g/mol. The SMILES string of the molecule is [2H]C(C)N(CC)C([2H])([2H])C([2H])([2H])[2H]. The topological polar surface area (TPSA) is 3.24 Å². The van der Waals surface area contributed by atoms with Gasteiger partial charge in [-0.1, -0.05) is 20.7 Å². The van der Waals surface area contributed by atoms with E-state index in [1.54, 1.807) is 6.92 Å². The third-order valence-electron chi connectivity index (χ3n) is 0.796. The fourth-order valence-electron chi connectivity index (χ4n) is 0.326. The molecule has 0 amide bonds. The summed E-state index contributed by atoms with van der Waals surface area (Å²) in [6.07, 6.45) is 0. The summed E-state index contributed by atoms with van der Waals surface area (Å²) in [6, 6.07) is 0. The van der Waals surface area contributed by atoms with Gasteiger partial charge in [-0.15, -0.1) is 0 Å². The minimum atomic E-state index is -2.71. The summed E-state index contributed by atoms with van der Waals surface area (Å²) in [6.45, 7) is -2.71. The van der Waals surface area contributed by atoms with E-state index in [1.807, 2.05) is 0 Å². The molecule has 1 unspecified atom stereocenters. The maximum Gasteiger partial charge on any atom is 0.0428 e. The minimum absolute atomic E-state index is 0.204. The maximum absolute atomic E-state index is 7.38. The van der Waals surface area contributed by atoms with E-state index in [0.29, 0.717) is 0 Å². The molecule has 0 aliphatic heterocycles.